The molecular formula is C25H27F2N5O5. The van der Waals surface area contributed by atoms with Crippen LogP contribution in [0.1, 0.15) is 24.0 Å². The molecule has 196 valence electrons. The number of urea groups is 1. The minimum absolute atomic E-state index is 0.0516. The number of carbonyl (C=O) groups is 4. The van der Waals surface area contributed by atoms with E-state index in [2.05, 4.69) is 5.32 Å². The molecule has 10 nitrogen and oxygen atoms in total. The van der Waals surface area contributed by atoms with Crippen LogP contribution in [-0.4, -0.2) is 81.1 Å². The van der Waals surface area contributed by atoms with Crippen molar-refractivity contribution in [2.75, 3.05) is 20.1 Å². The third-order valence-electron chi connectivity index (χ3n) is 6.44. The highest BCUT2D eigenvalue weighted by molar-refractivity contribution is 5.91. The molecule has 0 unspecified atom stereocenters. The summed E-state index contributed by atoms with van der Waals surface area (Å²) in [5, 5.41) is 14.8. The van der Waals surface area contributed by atoms with Crippen molar-refractivity contribution in [2.24, 2.45) is 0 Å². The van der Waals surface area contributed by atoms with Crippen LogP contribution >= 0.6 is 0 Å². The number of fused-ring (bicyclic) bond motifs is 1. The lowest BCUT2D eigenvalue weighted by Crippen LogP contribution is -2.75. The summed E-state index contributed by atoms with van der Waals surface area (Å²) < 4.78 is 27.8. The van der Waals surface area contributed by atoms with Gasteiger partial charge in [-0.3, -0.25) is 14.4 Å². The van der Waals surface area contributed by atoms with Gasteiger partial charge in [-0.05, 0) is 18.1 Å². The van der Waals surface area contributed by atoms with E-state index in [1.54, 1.807) is 7.05 Å². The van der Waals surface area contributed by atoms with Crippen LogP contribution in [0.4, 0.5) is 13.6 Å². The van der Waals surface area contributed by atoms with E-state index in [0.717, 1.165) is 11.6 Å². The number of hydrogen-bond acceptors (Lipinski definition) is 5. The number of hydrogen-bond donors (Lipinski definition) is 2. The number of likely N-dealkylation sites (N-methyl/N-ethyl adjacent to an activating group) is 1. The molecule has 2 aromatic rings. The second-order valence-electron chi connectivity index (χ2n) is 8.99. The molecule has 2 fully saturated rings. The highest BCUT2D eigenvalue weighted by Crippen LogP contribution is 2.29. The average Bonchev–Trinajstić information content (AvgIpc) is 2.85. The van der Waals surface area contributed by atoms with Gasteiger partial charge in [0.05, 0.1) is 13.1 Å². The van der Waals surface area contributed by atoms with Gasteiger partial charge in [0, 0.05) is 38.2 Å². The molecule has 2 aliphatic rings. The van der Waals surface area contributed by atoms with Crippen LogP contribution in [-0.2, 0) is 27.5 Å². The Morgan fingerprint density at radius 2 is 1.84 bits per heavy atom. The summed E-state index contributed by atoms with van der Waals surface area (Å²) in [5.41, 5.74) is 0.908. The maximum Gasteiger partial charge on any atom is 0.334 e. The molecule has 0 aromatic heterocycles. The number of carbonyl (C=O) groups excluding carboxylic acids is 3. The molecule has 2 saturated heterocycles. The van der Waals surface area contributed by atoms with Gasteiger partial charge in [0.1, 0.15) is 23.8 Å². The lowest BCUT2D eigenvalue weighted by Gasteiger charge is -2.54. The van der Waals surface area contributed by atoms with Crippen LogP contribution in [0.2, 0.25) is 0 Å². The van der Waals surface area contributed by atoms with E-state index in [0.29, 0.717) is 6.07 Å². The van der Waals surface area contributed by atoms with Crippen LogP contribution in [0.15, 0.2) is 48.5 Å². The Hall–Kier alpha value is -4.06. The number of hydrazine groups is 1. The topological polar surface area (TPSA) is 114 Å². The van der Waals surface area contributed by atoms with Crippen LogP contribution in [0.25, 0.3) is 0 Å². The monoisotopic (exact) mass is 515 g/mol. The molecule has 0 spiro atoms. The first-order valence-electron chi connectivity index (χ1n) is 11.7. The second kappa shape index (κ2) is 10.9. The number of halogens is 2. The van der Waals surface area contributed by atoms with Gasteiger partial charge in [0.2, 0.25) is 11.8 Å². The van der Waals surface area contributed by atoms with Gasteiger partial charge < -0.3 is 20.2 Å². The number of nitrogens with zero attached hydrogens (tertiary/aromatic N) is 4. The van der Waals surface area contributed by atoms with Crippen LogP contribution in [0.3, 0.4) is 0 Å². The van der Waals surface area contributed by atoms with Crippen molar-refractivity contribution in [3.8, 4) is 0 Å². The number of rotatable bonds is 7. The van der Waals surface area contributed by atoms with Crippen molar-refractivity contribution in [2.45, 2.75) is 38.1 Å². The fraction of sp³-hybridized carbons (Fsp3) is 0.360. The van der Waals surface area contributed by atoms with E-state index < -0.39 is 47.7 Å². The maximum absolute atomic E-state index is 14.4. The first-order valence-corrected chi connectivity index (χ1v) is 11.7. The smallest absolute Gasteiger partial charge is 0.334 e. The molecule has 0 aliphatic carbocycles. The van der Waals surface area contributed by atoms with Crippen molar-refractivity contribution in [1.82, 2.24) is 25.1 Å². The summed E-state index contributed by atoms with van der Waals surface area (Å²) in [5.74, 6) is -3.76. The van der Waals surface area contributed by atoms with Gasteiger partial charge in [0.25, 0.3) is 0 Å². The van der Waals surface area contributed by atoms with Crippen molar-refractivity contribution >= 4 is 23.8 Å². The molecule has 2 heterocycles. The molecule has 2 aliphatic heterocycles. The Kier molecular flexibility index (Phi) is 7.67. The van der Waals surface area contributed by atoms with Crippen molar-refractivity contribution in [3.05, 3.63) is 71.3 Å². The molecule has 0 bridgehead atoms. The van der Waals surface area contributed by atoms with E-state index >= 15 is 0 Å². The van der Waals surface area contributed by atoms with Crippen LogP contribution in [0.5, 0.6) is 0 Å². The quantitative estimate of drug-likeness (QED) is 0.581. The number of nitrogens with one attached hydrogen (secondary N) is 1. The highest BCUT2D eigenvalue weighted by Gasteiger charge is 2.50. The maximum atomic E-state index is 14.4. The van der Waals surface area contributed by atoms with E-state index in [1.165, 1.54) is 25.9 Å². The molecule has 4 rings (SSSR count). The van der Waals surface area contributed by atoms with Crippen molar-refractivity contribution in [1.29, 1.82) is 0 Å². The first kappa shape index (κ1) is 26.0. The SMILES string of the molecule is CN1CC(=O)N2[C@@H](CCC(=O)O)C(=O)N(Cc3ccc(F)cc3F)C[C@@H]2N1C(=O)NCc1ccccc1. The normalized spacial score (nSPS) is 20.1. The summed E-state index contributed by atoms with van der Waals surface area (Å²) in [6.07, 6.45) is -1.52. The minimum Gasteiger partial charge on any atom is -0.481 e. The third-order valence-corrected chi connectivity index (χ3v) is 6.44. The molecule has 12 heteroatoms. The Balaban J connectivity index is 1.63. The molecular weight excluding hydrogens is 488 g/mol. The molecule has 2 aromatic carbocycles. The molecule has 37 heavy (non-hydrogen) atoms. The number of carboxylic acids is 1. The van der Waals surface area contributed by atoms with Crippen molar-refractivity contribution in [3.63, 3.8) is 0 Å². The summed E-state index contributed by atoms with van der Waals surface area (Å²) >= 11 is 0. The zero-order valence-corrected chi connectivity index (χ0v) is 20.1. The van der Waals surface area contributed by atoms with E-state index in [4.69, 9.17) is 0 Å². The number of aliphatic carboxylic acids is 1. The Morgan fingerprint density at radius 3 is 2.51 bits per heavy atom. The standard InChI is InChI=1S/C25H27F2N5O5/c1-29-15-22(33)31-20(9-10-23(34)35)24(36)30(13-17-7-8-18(26)11-19(17)27)14-21(31)32(29)25(37)28-12-16-5-3-2-4-6-16/h2-8,11,20-21H,9-10,12-15H2,1H3,(H,28,37)(H,34,35)/t20-,21-/m0/s1. The van der Waals surface area contributed by atoms with Gasteiger partial charge in [0.15, 0.2) is 0 Å². The number of carboxylic acid groups (broad SMARTS) is 1. The molecule has 2 atom stereocenters. The van der Waals surface area contributed by atoms with Crippen LogP contribution < -0.4 is 5.32 Å². The third kappa shape index (κ3) is 5.69. The molecule has 0 saturated carbocycles. The van der Waals surface area contributed by atoms with Gasteiger partial charge in [-0.2, -0.15) is 0 Å². The van der Waals surface area contributed by atoms with E-state index in [9.17, 15) is 33.1 Å². The molecule has 2 N–H and O–H groups in total. The van der Waals surface area contributed by atoms with Gasteiger partial charge in [-0.1, -0.05) is 36.4 Å². The number of benzene rings is 2. The van der Waals surface area contributed by atoms with Crippen LogP contribution in [0, 0.1) is 11.6 Å². The Labute approximate surface area is 212 Å². The average molecular weight is 516 g/mol. The van der Waals surface area contributed by atoms with Gasteiger partial charge in [-0.25, -0.2) is 23.6 Å². The predicted octanol–water partition coefficient (Wildman–Crippen LogP) is 1.77. The lowest BCUT2D eigenvalue weighted by molar-refractivity contribution is -0.188. The second-order valence-corrected chi connectivity index (χ2v) is 8.99. The Bertz CT molecular complexity index is 1200. The largest absolute Gasteiger partial charge is 0.481 e. The summed E-state index contributed by atoms with van der Waals surface area (Å²) in [4.78, 5) is 53.6. The lowest BCUT2D eigenvalue weighted by atomic mass is 10.0. The Morgan fingerprint density at radius 1 is 1.11 bits per heavy atom. The number of piperazine rings is 1. The van der Waals surface area contributed by atoms with E-state index in [-0.39, 0.29) is 44.6 Å². The fourth-order valence-electron chi connectivity index (χ4n) is 4.69. The summed E-state index contributed by atoms with van der Waals surface area (Å²) in [6, 6.07) is 10.5. The summed E-state index contributed by atoms with van der Waals surface area (Å²) in [6.45, 7) is -0.362. The highest BCUT2D eigenvalue weighted by atomic mass is 19.1. The van der Waals surface area contributed by atoms with Gasteiger partial charge in [-0.15, -0.1) is 0 Å². The zero-order valence-electron chi connectivity index (χ0n) is 20.1. The van der Waals surface area contributed by atoms with Crippen molar-refractivity contribution < 1.29 is 33.1 Å². The fourth-order valence-corrected chi connectivity index (χ4v) is 4.69. The van der Waals surface area contributed by atoms with Gasteiger partial charge >= 0.3 is 12.0 Å². The number of amides is 4. The van der Waals surface area contributed by atoms with E-state index in [1.807, 2.05) is 30.3 Å². The minimum atomic E-state index is -1.16. The first-order chi connectivity index (χ1) is 17.7. The molecule has 4 amide bonds. The predicted molar refractivity (Wildman–Crippen MR) is 126 cm³/mol. The zero-order chi connectivity index (χ0) is 26.7. The molecule has 0 radical (unpaired) electrons. The summed E-state index contributed by atoms with van der Waals surface area (Å²) in [7, 11) is 1.56.